The lowest BCUT2D eigenvalue weighted by Crippen LogP contribution is -2.04. The number of methoxy groups -OCH3 is 1. The second-order valence-electron chi connectivity index (χ2n) is 3.94. The largest absolute Gasteiger partial charge is 0.497 e. The Morgan fingerprint density at radius 2 is 1.85 bits per heavy atom. The third kappa shape index (κ3) is 2.61. The van der Waals surface area contributed by atoms with Gasteiger partial charge in [0.05, 0.1) is 12.7 Å². The van der Waals surface area contributed by atoms with Crippen molar-refractivity contribution in [3.63, 3.8) is 0 Å². The van der Waals surface area contributed by atoms with E-state index in [1.807, 2.05) is 0 Å². The monoisotopic (exact) mass is 285 g/mol. The number of nitrogens with two attached hydrogens (primary N) is 1. The van der Waals surface area contributed by atoms with E-state index in [0.717, 1.165) is 0 Å². The number of nitrogen functional groups attached to an aromatic ring is 1. The Labute approximate surface area is 111 Å². The second-order valence-corrected chi connectivity index (χ2v) is 3.94. The van der Waals surface area contributed by atoms with E-state index in [-0.39, 0.29) is 11.1 Å². The number of carbonyl (C=O) groups excluding carboxylic acids is 1. The Bertz CT molecular complexity index is 629. The third-order valence-corrected chi connectivity index (χ3v) is 2.64. The van der Waals surface area contributed by atoms with Crippen molar-refractivity contribution in [1.29, 1.82) is 0 Å². The maximum Gasteiger partial charge on any atom is 0.449 e. The summed E-state index contributed by atoms with van der Waals surface area (Å²) in [5.74, 6) is -1.98. The minimum atomic E-state index is -4.69. The third-order valence-electron chi connectivity index (χ3n) is 2.64. The average Bonchev–Trinajstić information content (AvgIpc) is 2.80. The molecule has 0 aliphatic heterocycles. The van der Waals surface area contributed by atoms with Crippen LogP contribution >= 0.6 is 0 Å². The van der Waals surface area contributed by atoms with Crippen molar-refractivity contribution in [2.24, 2.45) is 0 Å². The van der Waals surface area contributed by atoms with Crippen LogP contribution in [0.3, 0.4) is 0 Å². The van der Waals surface area contributed by atoms with Gasteiger partial charge in [-0.05, 0) is 24.3 Å². The lowest BCUT2D eigenvalue weighted by molar-refractivity contribution is -0.152. The van der Waals surface area contributed by atoms with Crippen LogP contribution in [-0.2, 0) is 6.18 Å². The lowest BCUT2D eigenvalue weighted by Gasteiger charge is -2.01. The highest BCUT2D eigenvalue weighted by molar-refractivity contribution is 6.11. The first-order valence-electron chi connectivity index (χ1n) is 5.48. The molecule has 0 atom stereocenters. The Balaban J connectivity index is 2.35. The first-order valence-corrected chi connectivity index (χ1v) is 5.48. The summed E-state index contributed by atoms with van der Waals surface area (Å²) in [7, 11) is 1.46. The van der Waals surface area contributed by atoms with E-state index < -0.39 is 23.6 Å². The molecule has 0 fully saturated rings. The highest BCUT2D eigenvalue weighted by Crippen LogP contribution is 2.34. The predicted molar refractivity (Wildman–Crippen MR) is 64.5 cm³/mol. The van der Waals surface area contributed by atoms with Crippen LogP contribution in [0.1, 0.15) is 21.7 Å². The summed E-state index contributed by atoms with van der Waals surface area (Å²) in [6, 6.07) is 6.51. The van der Waals surface area contributed by atoms with Gasteiger partial charge >= 0.3 is 6.18 Å². The summed E-state index contributed by atoms with van der Waals surface area (Å²) in [6.07, 6.45) is -4.69. The van der Waals surface area contributed by atoms with Gasteiger partial charge in [0.15, 0.2) is 5.78 Å². The molecule has 0 unspecified atom stereocenters. The van der Waals surface area contributed by atoms with Crippen molar-refractivity contribution in [1.82, 2.24) is 0 Å². The van der Waals surface area contributed by atoms with Crippen molar-refractivity contribution >= 4 is 11.7 Å². The van der Waals surface area contributed by atoms with Crippen LogP contribution in [0.4, 0.5) is 19.1 Å². The maximum absolute atomic E-state index is 12.5. The van der Waals surface area contributed by atoms with Gasteiger partial charge in [-0.2, -0.15) is 13.2 Å². The first-order chi connectivity index (χ1) is 9.32. The Kier molecular flexibility index (Phi) is 3.44. The number of carbonyl (C=O) groups is 1. The zero-order valence-corrected chi connectivity index (χ0v) is 10.3. The number of halogens is 3. The van der Waals surface area contributed by atoms with E-state index in [1.165, 1.54) is 31.4 Å². The highest BCUT2D eigenvalue weighted by atomic mass is 19.4. The van der Waals surface area contributed by atoms with Gasteiger partial charge in [0.25, 0.3) is 0 Å². The number of hydrogen-bond donors (Lipinski definition) is 1. The van der Waals surface area contributed by atoms with E-state index in [2.05, 4.69) is 4.42 Å². The average molecular weight is 285 g/mol. The smallest absolute Gasteiger partial charge is 0.449 e. The molecule has 0 aliphatic carbocycles. The number of ketones is 1. The quantitative estimate of drug-likeness (QED) is 0.880. The number of alkyl halides is 3. The van der Waals surface area contributed by atoms with Crippen molar-refractivity contribution in [3.8, 4) is 5.75 Å². The van der Waals surface area contributed by atoms with Crippen LogP contribution in [0.25, 0.3) is 0 Å². The number of benzene rings is 1. The van der Waals surface area contributed by atoms with Crippen LogP contribution in [0, 0.1) is 0 Å². The van der Waals surface area contributed by atoms with Crippen molar-refractivity contribution < 1.29 is 27.1 Å². The molecular formula is C13H10F3NO3. The Morgan fingerprint density at radius 1 is 1.25 bits per heavy atom. The minimum absolute atomic E-state index is 0.187. The summed E-state index contributed by atoms with van der Waals surface area (Å²) in [6.45, 7) is 0. The molecule has 0 aliphatic rings. The first kappa shape index (κ1) is 14.0. The van der Waals surface area contributed by atoms with Crippen molar-refractivity contribution in [3.05, 3.63) is 47.2 Å². The summed E-state index contributed by atoms with van der Waals surface area (Å²) in [4.78, 5) is 12.1. The molecule has 0 bridgehead atoms. The summed E-state index contributed by atoms with van der Waals surface area (Å²) < 4.78 is 46.7. The molecule has 4 nitrogen and oxygen atoms in total. The topological polar surface area (TPSA) is 65.5 Å². The second kappa shape index (κ2) is 4.92. The van der Waals surface area contributed by atoms with Gasteiger partial charge in [0.1, 0.15) is 5.75 Å². The van der Waals surface area contributed by atoms with Gasteiger partial charge in [-0.1, -0.05) is 0 Å². The molecule has 0 radical (unpaired) electrons. The molecule has 20 heavy (non-hydrogen) atoms. The number of ether oxygens (including phenoxy) is 1. The summed E-state index contributed by atoms with van der Waals surface area (Å²) in [5, 5.41) is 0. The molecule has 1 heterocycles. The van der Waals surface area contributed by atoms with Crippen LogP contribution in [0.5, 0.6) is 5.75 Å². The molecular weight excluding hydrogens is 275 g/mol. The van der Waals surface area contributed by atoms with Crippen LogP contribution in [-0.4, -0.2) is 12.9 Å². The molecule has 0 amide bonds. The minimum Gasteiger partial charge on any atom is -0.497 e. The van der Waals surface area contributed by atoms with E-state index in [9.17, 15) is 18.0 Å². The molecule has 1 aromatic carbocycles. The van der Waals surface area contributed by atoms with Crippen LogP contribution in [0.15, 0.2) is 34.7 Å². The van der Waals surface area contributed by atoms with Gasteiger partial charge in [-0.15, -0.1) is 0 Å². The van der Waals surface area contributed by atoms with E-state index in [1.54, 1.807) is 0 Å². The Morgan fingerprint density at radius 3 is 2.30 bits per heavy atom. The zero-order chi connectivity index (χ0) is 14.9. The van der Waals surface area contributed by atoms with Crippen molar-refractivity contribution in [2.75, 3.05) is 12.8 Å². The van der Waals surface area contributed by atoms with Crippen LogP contribution in [0.2, 0.25) is 0 Å². The maximum atomic E-state index is 12.5. The molecule has 2 N–H and O–H groups in total. The fraction of sp³-hybridized carbons (Fsp3) is 0.154. The van der Waals surface area contributed by atoms with Gasteiger partial charge in [0.2, 0.25) is 11.6 Å². The summed E-state index contributed by atoms with van der Waals surface area (Å²) in [5.41, 5.74) is 5.19. The predicted octanol–water partition coefficient (Wildman–Crippen LogP) is 3.12. The normalized spacial score (nSPS) is 11.4. The fourth-order valence-electron chi connectivity index (χ4n) is 1.62. The van der Waals surface area contributed by atoms with Gasteiger partial charge in [-0.25, -0.2) is 0 Å². The van der Waals surface area contributed by atoms with E-state index >= 15 is 0 Å². The number of anilines is 1. The van der Waals surface area contributed by atoms with E-state index in [4.69, 9.17) is 10.5 Å². The zero-order valence-electron chi connectivity index (χ0n) is 10.3. The molecule has 2 aromatic rings. The van der Waals surface area contributed by atoms with Crippen LogP contribution < -0.4 is 10.5 Å². The number of hydrogen-bond acceptors (Lipinski definition) is 4. The Hall–Kier alpha value is -2.44. The highest BCUT2D eigenvalue weighted by Gasteiger charge is 2.37. The van der Waals surface area contributed by atoms with Gasteiger partial charge < -0.3 is 14.9 Å². The summed E-state index contributed by atoms with van der Waals surface area (Å²) >= 11 is 0. The van der Waals surface area contributed by atoms with Crippen molar-refractivity contribution in [2.45, 2.75) is 6.18 Å². The lowest BCUT2D eigenvalue weighted by atomic mass is 10.0. The molecule has 0 saturated heterocycles. The van der Waals surface area contributed by atoms with Gasteiger partial charge in [-0.3, -0.25) is 4.79 Å². The SMILES string of the molecule is COc1ccc(C(=O)c2cc(C(F)(F)F)oc2N)cc1. The fourth-order valence-corrected chi connectivity index (χ4v) is 1.62. The molecule has 7 heteroatoms. The molecule has 0 saturated carbocycles. The number of rotatable bonds is 3. The number of furan rings is 1. The van der Waals surface area contributed by atoms with Gasteiger partial charge in [0, 0.05) is 11.6 Å². The standard InChI is InChI=1S/C13H10F3NO3/c1-19-8-4-2-7(3-5-8)11(18)9-6-10(13(14,15)16)20-12(9)17/h2-6H,17H2,1H3. The molecule has 2 rings (SSSR count). The molecule has 106 valence electrons. The molecule has 0 spiro atoms. The van der Waals surface area contributed by atoms with E-state index in [0.29, 0.717) is 11.8 Å². The molecule has 1 aromatic heterocycles.